The number of rotatable bonds is 10. The molecule has 0 saturated carbocycles. The molecule has 2 amide bonds. The molecule has 5 N–H and O–H groups in total. The Morgan fingerprint density at radius 2 is 1.75 bits per heavy atom. The molecule has 0 aliphatic heterocycles. The molecule has 2 aromatic carbocycles. The second-order valence-electron chi connectivity index (χ2n) is 6.53. The second kappa shape index (κ2) is 12.6. The predicted molar refractivity (Wildman–Crippen MR) is 121 cm³/mol. The molecule has 10 heteroatoms. The number of hydrazone groups is 1. The largest absolute Gasteiger partial charge is 0.464 e. The van der Waals surface area contributed by atoms with Crippen molar-refractivity contribution in [3.8, 4) is 0 Å². The fraction of sp³-hybridized carbons (Fsp3) is 0.273. The molecule has 0 spiro atoms. The normalized spacial score (nSPS) is 11.4. The Labute approximate surface area is 186 Å². The number of carbonyl (C=O) groups is 3. The SMILES string of the molecule is CCOC(=O)N[C@@H](Cc1ccc(NC(=O)c2cccc(NC=NN)c2)cc1)C(=O)OCC. The maximum Gasteiger partial charge on any atom is 0.407 e. The van der Waals surface area contributed by atoms with E-state index in [1.807, 2.05) is 0 Å². The van der Waals surface area contributed by atoms with Crippen molar-refractivity contribution in [2.75, 3.05) is 23.8 Å². The van der Waals surface area contributed by atoms with Crippen molar-refractivity contribution in [2.45, 2.75) is 26.3 Å². The minimum Gasteiger partial charge on any atom is -0.464 e. The van der Waals surface area contributed by atoms with Gasteiger partial charge in [0.1, 0.15) is 12.4 Å². The highest BCUT2D eigenvalue weighted by molar-refractivity contribution is 6.05. The van der Waals surface area contributed by atoms with Gasteiger partial charge in [0.05, 0.1) is 13.2 Å². The molecule has 0 saturated heterocycles. The summed E-state index contributed by atoms with van der Waals surface area (Å²) < 4.78 is 9.88. The molecule has 0 heterocycles. The Hall–Kier alpha value is -4.08. The van der Waals surface area contributed by atoms with Gasteiger partial charge in [-0.3, -0.25) is 4.79 Å². The van der Waals surface area contributed by atoms with Crippen LogP contribution < -0.4 is 21.8 Å². The van der Waals surface area contributed by atoms with E-state index in [9.17, 15) is 14.4 Å². The fourth-order valence-corrected chi connectivity index (χ4v) is 2.78. The number of carbonyl (C=O) groups excluding carboxylic acids is 3. The molecule has 0 fully saturated rings. The summed E-state index contributed by atoms with van der Waals surface area (Å²) >= 11 is 0. The van der Waals surface area contributed by atoms with Gasteiger partial charge in [-0.15, -0.1) is 0 Å². The molecule has 170 valence electrons. The van der Waals surface area contributed by atoms with E-state index in [1.54, 1.807) is 62.4 Å². The van der Waals surface area contributed by atoms with E-state index in [4.69, 9.17) is 15.3 Å². The third-order valence-electron chi connectivity index (χ3n) is 4.22. The number of ether oxygens (including phenoxy) is 2. The van der Waals surface area contributed by atoms with E-state index in [2.05, 4.69) is 21.1 Å². The van der Waals surface area contributed by atoms with Gasteiger partial charge >= 0.3 is 12.1 Å². The highest BCUT2D eigenvalue weighted by Crippen LogP contribution is 2.15. The zero-order chi connectivity index (χ0) is 23.3. The zero-order valence-electron chi connectivity index (χ0n) is 18.0. The summed E-state index contributed by atoms with van der Waals surface area (Å²) in [5.41, 5.74) is 2.46. The van der Waals surface area contributed by atoms with Gasteiger partial charge in [0.15, 0.2) is 0 Å². The molecule has 0 radical (unpaired) electrons. The number of benzene rings is 2. The number of nitrogens with two attached hydrogens (primary N) is 1. The van der Waals surface area contributed by atoms with E-state index >= 15 is 0 Å². The number of esters is 1. The molecule has 32 heavy (non-hydrogen) atoms. The zero-order valence-corrected chi connectivity index (χ0v) is 18.0. The first-order valence-corrected chi connectivity index (χ1v) is 10.0. The lowest BCUT2D eigenvalue weighted by Gasteiger charge is -2.17. The first kappa shape index (κ1) is 24.2. The Morgan fingerprint density at radius 3 is 2.41 bits per heavy atom. The molecular formula is C22H27N5O5. The van der Waals surface area contributed by atoms with Gasteiger partial charge in [0.2, 0.25) is 0 Å². The quantitative estimate of drug-likeness (QED) is 0.146. The van der Waals surface area contributed by atoms with E-state index in [-0.39, 0.29) is 25.5 Å². The predicted octanol–water partition coefficient (Wildman–Crippen LogP) is 2.47. The molecule has 0 aliphatic carbocycles. The van der Waals surface area contributed by atoms with Crippen molar-refractivity contribution in [3.05, 3.63) is 59.7 Å². The van der Waals surface area contributed by atoms with Crippen molar-refractivity contribution in [1.29, 1.82) is 0 Å². The minimum atomic E-state index is -0.887. The molecule has 0 unspecified atom stereocenters. The van der Waals surface area contributed by atoms with Crippen LogP contribution in [0.25, 0.3) is 0 Å². The van der Waals surface area contributed by atoms with Crippen LogP contribution in [0.15, 0.2) is 53.6 Å². The van der Waals surface area contributed by atoms with E-state index in [0.29, 0.717) is 16.9 Å². The van der Waals surface area contributed by atoms with Crippen LogP contribution in [-0.2, 0) is 20.7 Å². The van der Waals surface area contributed by atoms with Crippen LogP contribution in [0.2, 0.25) is 0 Å². The lowest BCUT2D eigenvalue weighted by Crippen LogP contribution is -2.43. The molecule has 1 atom stereocenters. The summed E-state index contributed by atoms with van der Waals surface area (Å²) in [5, 5.41) is 11.5. The molecular weight excluding hydrogens is 414 g/mol. The van der Waals surface area contributed by atoms with Crippen molar-refractivity contribution in [1.82, 2.24) is 5.32 Å². The minimum absolute atomic E-state index is 0.190. The molecule has 2 aromatic rings. The summed E-state index contributed by atoms with van der Waals surface area (Å²) in [5.74, 6) is 4.22. The number of anilines is 2. The van der Waals surface area contributed by atoms with Gasteiger partial charge in [-0.05, 0) is 49.7 Å². The van der Waals surface area contributed by atoms with E-state index in [0.717, 1.165) is 5.56 Å². The number of hydrogen-bond donors (Lipinski definition) is 4. The average molecular weight is 441 g/mol. The van der Waals surface area contributed by atoms with Crippen LogP contribution >= 0.6 is 0 Å². The monoisotopic (exact) mass is 441 g/mol. The van der Waals surface area contributed by atoms with Gasteiger partial charge < -0.3 is 31.3 Å². The first-order valence-electron chi connectivity index (χ1n) is 10.0. The van der Waals surface area contributed by atoms with Crippen LogP contribution in [0.1, 0.15) is 29.8 Å². The Balaban J connectivity index is 2.03. The molecule has 2 rings (SSSR count). The lowest BCUT2D eigenvalue weighted by atomic mass is 10.1. The number of amides is 2. The third-order valence-corrected chi connectivity index (χ3v) is 4.22. The van der Waals surface area contributed by atoms with Crippen molar-refractivity contribution in [3.63, 3.8) is 0 Å². The number of nitrogens with one attached hydrogen (secondary N) is 3. The third kappa shape index (κ3) is 7.63. The van der Waals surface area contributed by atoms with Crippen LogP contribution in [0, 0.1) is 0 Å². The van der Waals surface area contributed by atoms with E-state index < -0.39 is 18.1 Å². The van der Waals surface area contributed by atoms with Gasteiger partial charge in [0.25, 0.3) is 5.91 Å². The molecule has 0 aliphatic rings. The van der Waals surface area contributed by atoms with Crippen LogP contribution in [0.3, 0.4) is 0 Å². The van der Waals surface area contributed by atoms with Crippen LogP contribution in [0.4, 0.5) is 16.2 Å². The highest BCUT2D eigenvalue weighted by Gasteiger charge is 2.23. The first-order chi connectivity index (χ1) is 15.5. The number of hydrogen-bond acceptors (Lipinski definition) is 7. The standard InChI is InChI=1S/C22H27N5O5/c1-3-31-21(29)19(27-22(30)32-4-2)12-15-8-10-17(11-9-15)26-20(28)16-6-5-7-18(13-16)24-14-25-23/h5-11,13-14,19H,3-4,12,23H2,1-2H3,(H,24,25)(H,26,28)(H,27,30)/t19-/m0/s1. The maximum atomic E-state index is 12.5. The summed E-state index contributed by atoms with van der Waals surface area (Å²) in [6.07, 6.45) is 0.835. The lowest BCUT2D eigenvalue weighted by molar-refractivity contribution is -0.145. The average Bonchev–Trinajstić information content (AvgIpc) is 2.79. The van der Waals surface area contributed by atoms with Gasteiger partial charge in [-0.2, -0.15) is 5.10 Å². The fourth-order valence-electron chi connectivity index (χ4n) is 2.78. The summed E-state index contributed by atoms with van der Waals surface area (Å²) in [7, 11) is 0. The maximum absolute atomic E-state index is 12.5. The number of nitrogens with zero attached hydrogens (tertiary/aromatic N) is 1. The molecule has 10 nitrogen and oxygen atoms in total. The molecule has 0 bridgehead atoms. The topological polar surface area (TPSA) is 144 Å². The summed E-state index contributed by atoms with van der Waals surface area (Å²) in [6.45, 7) is 3.75. The van der Waals surface area contributed by atoms with Crippen LogP contribution in [-0.4, -0.2) is 43.6 Å². The van der Waals surface area contributed by atoms with E-state index in [1.165, 1.54) is 6.34 Å². The second-order valence-corrected chi connectivity index (χ2v) is 6.53. The van der Waals surface area contributed by atoms with Crippen LogP contribution in [0.5, 0.6) is 0 Å². The number of alkyl carbamates (subject to hydrolysis) is 1. The Bertz CT molecular complexity index is 946. The molecule has 0 aromatic heterocycles. The Kier molecular flexibility index (Phi) is 9.51. The van der Waals surface area contributed by atoms with Gasteiger partial charge in [-0.1, -0.05) is 18.2 Å². The highest BCUT2D eigenvalue weighted by atomic mass is 16.6. The summed E-state index contributed by atoms with van der Waals surface area (Å²) in [6, 6.07) is 12.9. The van der Waals surface area contributed by atoms with Gasteiger partial charge in [-0.25, -0.2) is 9.59 Å². The van der Waals surface area contributed by atoms with Crippen molar-refractivity contribution in [2.24, 2.45) is 10.9 Å². The van der Waals surface area contributed by atoms with Gasteiger partial charge in [0, 0.05) is 23.4 Å². The smallest absolute Gasteiger partial charge is 0.407 e. The van der Waals surface area contributed by atoms with Crippen molar-refractivity contribution >= 4 is 35.7 Å². The summed E-state index contributed by atoms with van der Waals surface area (Å²) in [4.78, 5) is 36.4. The Morgan fingerprint density at radius 1 is 1.03 bits per heavy atom. The van der Waals surface area contributed by atoms with Crippen molar-refractivity contribution < 1.29 is 23.9 Å².